The van der Waals surface area contributed by atoms with Crippen LogP contribution in [-0.2, 0) is 4.74 Å². The Kier molecular flexibility index (Phi) is 4.62. The number of ether oxygens (including phenoxy) is 1. The predicted octanol–water partition coefficient (Wildman–Crippen LogP) is 2.25. The zero-order chi connectivity index (χ0) is 17.0. The summed E-state index contributed by atoms with van der Waals surface area (Å²) in [6.07, 6.45) is 0. The molecule has 116 valence electrons. The molecule has 0 aliphatic heterocycles. The van der Waals surface area contributed by atoms with Gasteiger partial charge in [0, 0.05) is 5.56 Å². The second kappa shape index (κ2) is 6.62. The van der Waals surface area contributed by atoms with Gasteiger partial charge in [-0.1, -0.05) is 30.3 Å². The number of phenolic OH excluding ortho intramolecular Hbond substituents is 1. The van der Waals surface area contributed by atoms with Crippen LogP contribution in [0.2, 0.25) is 0 Å². The molecule has 0 saturated heterocycles. The average molecular weight is 310 g/mol. The van der Waals surface area contributed by atoms with E-state index in [0.29, 0.717) is 5.56 Å². The van der Waals surface area contributed by atoms with Crippen LogP contribution in [0.3, 0.4) is 0 Å². The highest BCUT2D eigenvalue weighted by atomic mass is 16.5. The van der Waals surface area contributed by atoms with Crippen molar-refractivity contribution in [3.05, 3.63) is 58.7 Å². The number of phenols is 1. The lowest BCUT2D eigenvalue weighted by Crippen LogP contribution is -2.12. The molecule has 6 heteroatoms. The van der Waals surface area contributed by atoms with E-state index in [0.717, 1.165) is 6.07 Å². The first kappa shape index (κ1) is 16.0. The second-order valence-corrected chi connectivity index (χ2v) is 4.64. The van der Waals surface area contributed by atoms with E-state index in [1.54, 1.807) is 43.3 Å². The summed E-state index contributed by atoms with van der Waals surface area (Å²) in [6.45, 7) is 1.73. The Bertz CT molecular complexity index is 808. The number of esters is 1. The Balaban J connectivity index is 2.65. The summed E-state index contributed by atoms with van der Waals surface area (Å²) < 4.78 is 4.87. The molecule has 0 atom stereocenters. The van der Waals surface area contributed by atoms with Crippen molar-refractivity contribution in [2.24, 2.45) is 0 Å². The number of hydrogen-bond donors (Lipinski definition) is 2. The van der Waals surface area contributed by atoms with E-state index >= 15 is 0 Å². The number of nitrogen functional groups attached to an aromatic ring is 1. The summed E-state index contributed by atoms with van der Waals surface area (Å²) >= 11 is 0. The highest BCUT2D eigenvalue weighted by molar-refractivity contribution is 6.13. The zero-order valence-corrected chi connectivity index (χ0v) is 12.4. The summed E-state index contributed by atoms with van der Waals surface area (Å²) in [4.78, 5) is 24.5. The van der Waals surface area contributed by atoms with Crippen molar-refractivity contribution < 1.29 is 19.4 Å². The zero-order valence-electron chi connectivity index (χ0n) is 12.4. The Morgan fingerprint density at radius 2 is 1.91 bits per heavy atom. The molecule has 0 aromatic heterocycles. The van der Waals surface area contributed by atoms with Gasteiger partial charge in [0.2, 0.25) is 0 Å². The highest BCUT2D eigenvalue weighted by Gasteiger charge is 2.24. The Morgan fingerprint density at radius 3 is 2.48 bits per heavy atom. The number of nitrogens with zero attached hydrogens (tertiary/aromatic N) is 1. The molecule has 2 aromatic rings. The topological polar surface area (TPSA) is 113 Å². The second-order valence-electron chi connectivity index (χ2n) is 4.64. The molecule has 0 bridgehead atoms. The van der Waals surface area contributed by atoms with Crippen LogP contribution >= 0.6 is 0 Å². The molecule has 0 fully saturated rings. The van der Waals surface area contributed by atoms with Crippen LogP contribution < -0.4 is 5.73 Å². The third-order valence-corrected chi connectivity index (χ3v) is 3.23. The van der Waals surface area contributed by atoms with Crippen LogP contribution in [0.5, 0.6) is 5.75 Å². The van der Waals surface area contributed by atoms with E-state index in [2.05, 4.69) is 0 Å². The molecule has 0 aliphatic carbocycles. The van der Waals surface area contributed by atoms with E-state index in [-0.39, 0.29) is 29.0 Å². The van der Waals surface area contributed by atoms with Crippen LogP contribution in [0, 0.1) is 11.3 Å². The van der Waals surface area contributed by atoms with Gasteiger partial charge >= 0.3 is 5.97 Å². The fourth-order valence-corrected chi connectivity index (χ4v) is 2.10. The SMILES string of the molecule is CCOC(=O)c1cc(C(=O)c2ccccc2)c(O)c(C#N)c1N. The molecular weight excluding hydrogens is 296 g/mol. The number of hydrogen-bond acceptors (Lipinski definition) is 6. The predicted molar refractivity (Wildman–Crippen MR) is 83.1 cm³/mol. The highest BCUT2D eigenvalue weighted by Crippen LogP contribution is 2.32. The van der Waals surface area contributed by atoms with Gasteiger partial charge in [0.15, 0.2) is 5.78 Å². The number of aromatic hydroxyl groups is 1. The lowest BCUT2D eigenvalue weighted by Gasteiger charge is -2.12. The summed E-state index contributed by atoms with van der Waals surface area (Å²) in [5.74, 6) is -1.83. The van der Waals surface area contributed by atoms with Crippen molar-refractivity contribution in [3.8, 4) is 11.8 Å². The summed E-state index contributed by atoms with van der Waals surface area (Å²) in [6, 6.07) is 11.1. The molecule has 2 rings (SSSR count). The van der Waals surface area contributed by atoms with E-state index in [1.807, 2.05) is 0 Å². The van der Waals surface area contributed by atoms with Crippen molar-refractivity contribution >= 4 is 17.4 Å². The third-order valence-electron chi connectivity index (χ3n) is 3.23. The fraction of sp³-hybridized carbons (Fsp3) is 0.118. The molecule has 0 saturated carbocycles. The van der Waals surface area contributed by atoms with Gasteiger partial charge < -0.3 is 15.6 Å². The van der Waals surface area contributed by atoms with E-state index in [4.69, 9.17) is 15.7 Å². The molecule has 23 heavy (non-hydrogen) atoms. The van der Waals surface area contributed by atoms with Gasteiger partial charge in [-0.05, 0) is 13.0 Å². The number of carbonyl (C=O) groups is 2. The molecule has 0 unspecified atom stereocenters. The van der Waals surface area contributed by atoms with Gasteiger partial charge in [0.05, 0.1) is 23.4 Å². The van der Waals surface area contributed by atoms with Gasteiger partial charge in [-0.3, -0.25) is 4.79 Å². The van der Waals surface area contributed by atoms with Crippen molar-refractivity contribution in [1.82, 2.24) is 0 Å². The number of ketones is 1. The summed E-state index contributed by atoms with van der Waals surface area (Å²) in [5.41, 5.74) is 5.21. The Labute approximate surface area is 132 Å². The summed E-state index contributed by atoms with van der Waals surface area (Å²) in [5, 5.41) is 19.3. The van der Waals surface area contributed by atoms with Crippen LogP contribution in [-0.4, -0.2) is 23.5 Å². The van der Waals surface area contributed by atoms with Crippen molar-refractivity contribution in [1.29, 1.82) is 5.26 Å². The molecule has 0 amide bonds. The average Bonchev–Trinajstić information content (AvgIpc) is 2.56. The Hall–Kier alpha value is -3.33. The van der Waals surface area contributed by atoms with Crippen molar-refractivity contribution in [3.63, 3.8) is 0 Å². The number of benzene rings is 2. The monoisotopic (exact) mass is 310 g/mol. The molecule has 0 aliphatic rings. The molecule has 0 radical (unpaired) electrons. The quantitative estimate of drug-likeness (QED) is 0.508. The fourth-order valence-electron chi connectivity index (χ4n) is 2.10. The summed E-state index contributed by atoms with van der Waals surface area (Å²) in [7, 11) is 0. The maximum atomic E-state index is 12.5. The van der Waals surface area contributed by atoms with E-state index in [1.165, 1.54) is 0 Å². The lowest BCUT2D eigenvalue weighted by atomic mass is 9.96. The molecular formula is C17H14N2O4. The number of nitrogens with two attached hydrogens (primary N) is 1. The van der Waals surface area contributed by atoms with Gasteiger partial charge in [-0.15, -0.1) is 0 Å². The van der Waals surface area contributed by atoms with Crippen molar-refractivity contribution in [2.75, 3.05) is 12.3 Å². The number of nitriles is 1. The third kappa shape index (κ3) is 2.99. The maximum Gasteiger partial charge on any atom is 0.340 e. The number of carbonyl (C=O) groups excluding carboxylic acids is 2. The van der Waals surface area contributed by atoms with Crippen LogP contribution in [0.1, 0.15) is 38.8 Å². The van der Waals surface area contributed by atoms with Gasteiger partial charge in [0.1, 0.15) is 17.4 Å². The first-order valence-electron chi connectivity index (χ1n) is 6.83. The molecule has 0 spiro atoms. The molecule has 6 nitrogen and oxygen atoms in total. The van der Waals surface area contributed by atoms with E-state index in [9.17, 15) is 14.7 Å². The number of anilines is 1. The number of rotatable bonds is 4. The smallest absolute Gasteiger partial charge is 0.340 e. The molecule has 3 N–H and O–H groups in total. The van der Waals surface area contributed by atoms with Gasteiger partial charge in [0.25, 0.3) is 0 Å². The minimum atomic E-state index is -0.761. The minimum Gasteiger partial charge on any atom is -0.506 e. The van der Waals surface area contributed by atoms with Crippen LogP contribution in [0.25, 0.3) is 0 Å². The normalized spacial score (nSPS) is 9.91. The van der Waals surface area contributed by atoms with E-state index < -0.39 is 17.5 Å². The first-order valence-corrected chi connectivity index (χ1v) is 6.83. The van der Waals surface area contributed by atoms with Crippen molar-refractivity contribution in [2.45, 2.75) is 6.92 Å². The lowest BCUT2D eigenvalue weighted by molar-refractivity contribution is 0.0527. The van der Waals surface area contributed by atoms with Gasteiger partial charge in [-0.2, -0.15) is 5.26 Å². The van der Waals surface area contributed by atoms with Crippen LogP contribution in [0.15, 0.2) is 36.4 Å². The largest absolute Gasteiger partial charge is 0.506 e. The first-order chi connectivity index (χ1) is 11.0. The van der Waals surface area contributed by atoms with Crippen LogP contribution in [0.4, 0.5) is 5.69 Å². The minimum absolute atomic E-state index is 0.114. The van der Waals surface area contributed by atoms with Gasteiger partial charge in [-0.25, -0.2) is 4.79 Å². The molecule has 2 aromatic carbocycles. The maximum absolute atomic E-state index is 12.5. The Morgan fingerprint density at radius 1 is 1.26 bits per heavy atom. The molecule has 0 heterocycles. The standard InChI is InChI=1S/C17H14N2O4/c1-2-23-17(22)11-8-12(16(21)13(9-18)14(11)19)15(20)10-6-4-3-5-7-10/h3-8,21H,2,19H2,1H3.